The molecule has 0 spiro atoms. The molecule has 0 radical (unpaired) electrons. The van der Waals surface area contributed by atoms with Gasteiger partial charge in [-0.25, -0.2) is 9.97 Å². The normalized spacial score (nSPS) is 15.6. The van der Waals surface area contributed by atoms with Crippen molar-refractivity contribution in [1.29, 1.82) is 0 Å². The second-order valence-electron chi connectivity index (χ2n) is 6.47. The second-order valence-corrected chi connectivity index (χ2v) is 8.96. The quantitative estimate of drug-likeness (QED) is 0.499. The van der Waals surface area contributed by atoms with E-state index in [9.17, 15) is 0 Å². The molecule has 5 nitrogen and oxygen atoms in total. The number of benzene rings is 2. The highest BCUT2D eigenvalue weighted by molar-refractivity contribution is 7.24. The number of ether oxygens (including phenoxy) is 1. The first kappa shape index (κ1) is 17.3. The number of hydrogen-bond donors (Lipinski definition) is 1. The van der Waals surface area contributed by atoms with E-state index >= 15 is 0 Å². The predicted octanol–water partition coefficient (Wildman–Crippen LogP) is 5.14. The number of halogens is 1. The van der Waals surface area contributed by atoms with Crippen LogP contribution in [-0.2, 0) is 11.3 Å². The number of rotatable bonds is 4. The monoisotopic (exact) mass is 416 g/mol. The minimum absolute atomic E-state index is 0.727. The second kappa shape index (κ2) is 7.33. The van der Waals surface area contributed by atoms with Gasteiger partial charge < -0.3 is 10.1 Å². The molecule has 0 unspecified atom stereocenters. The Morgan fingerprint density at radius 3 is 2.37 bits per heavy atom. The van der Waals surface area contributed by atoms with E-state index in [1.54, 1.807) is 22.7 Å². The van der Waals surface area contributed by atoms with Crippen LogP contribution >= 0.6 is 34.3 Å². The van der Waals surface area contributed by atoms with E-state index in [2.05, 4.69) is 33.4 Å². The van der Waals surface area contributed by atoms with Crippen molar-refractivity contribution < 1.29 is 4.74 Å². The van der Waals surface area contributed by atoms with E-state index in [1.165, 1.54) is 10.3 Å². The third kappa shape index (κ3) is 3.79. The average Bonchev–Trinajstić information content (AvgIpc) is 3.24. The Morgan fingerprint density at radius 1 is 0.963 bits per heavy atom. The third-order valence-electron chi connectivity index (χ3n) is 4.53. The number of nitrogens with one attached hydrogen (secondary N) is 1. The number of fused-ring (bicyclic) bond motifs is 2. The van der Waals surface area contributed by atoms with Gasteiger partial charge in [-0.2, -0.15) is 0 Å². The predicted molar refractivity (Wildman–Crippen MR) is 114 cm³/mol. The zero-order valence-electron chi connectivity index (χ0n) is 14.4. The van der Waals surface area contributed by atoms with Crippen molar-refractivity contribution in [3.05, 3.63) is 47.0 Å². The summed E-state index contributed by atoms with van der Waals surface area (Å²) in [5.41, 5.74) is 3.27. The van der Waals surface area contributed by atoms with E-state index in [4.69, 9.17) is 21.3 Å². The van der Waals surface area contributed by atoms with Gasteiger partial charge in [0, 0.05) is 24.7 Å². The molecule has 27 heavy (non-hydrogen) atoms. The van der Waals surface area contributed by atoms with Crippen LogP contribution in [0.3, 0.4) is 0 Å². The summed E-state index contributed by atoms with van der Waals surface area (Å²) < 4.78 is 7.68. The standard InChI is InChI=1S/C19H17ClN4OS2/c20-13-2-4-15-17(10-13)27-19(22-15)23-18-21-14-3-1-12(9-16(14)26-18)11-24-5-7-25-8-6-24/h1-4,9-10H,5-8,11H2,(H,21,22,23). The van der Waals surface area contributed by atoms with Gasteiger partial charge in [0.1, 0.15) is 0 Å². The maximum absolute atomic E-state index is 6.06. The number of thiazole rings is 2. The van der Waals surface area contributed by atoms with Crippen molar-refractivity contribution in [1.82, 2.24) is 14.9 Å². The molecule has 4 aromatic rings. The highest BCUT2D eigenvalue weighted by Gasteiger charge is 2.12. The lowest BCUT2D eigenvalue weighted by Crippen LogP contribution is -2.35. The highest BCUT2D eigenvalue weighted by atomic mass is 35.5. The summed E-state index contributed by atoms with van der Waals surface area (Å²) in [5.74, 6) is 0. The highest BCUT2D eigenvalue weighted by Crippen LogP contribution is 2.33. The number of morpholine rings is 1. The molecular weight excluding hydrogens is 400 g/mol. The summed E-state index contributed by atoms with van der Waals surface area (Å²) in [7, 11) is 0. The molecule has 1 aliphatic heterocycles. The van der Waals surface area contributed by atoms with E-state index in [0.29, 0.717) is 0 Å². The van der Waals surface area contributed by atoms with E-state index in [0.717, 1.165) is 63.9 Å². The topological polar surface area (TPSA) is 50.3 Å². The first-order valence-electron chi connectivity index (χ1n) is 8.76. The van der Waals surface area contributed by atoms with Crippen LogP contribution in [0.1, 0.15) is 5.56 Å². The summed E-state index contributed by atoms with van der Waals surface area (Å²) in [4.78, 5) is 11.7. The molecule has 1 fully saturated rings. The van der Waals surface area contributed by atoms with Gasteiger partial charge in [0.25, 0.3) is 0 Å². The Bertz CT molecular complexity index is 1100. The van der Waals surface area contributed by atoms with E-state index < -0.39 is 0 Å². The lowest BCUT2D eigenvalue weighted by molar-refractivity contribution is 0.0342. The van der Waals surface area contributed by atoms with Gasteiger partial charge in [-0.1, -0.05) is 40.3 Å². The summed E-state index contributed by atoms with van der Waals surface area (Å²) in [6, 6.07) is 12.3. The number of nitrogens with zero attached hydrogens (tertiary/aromatic N) is 3. The van der Waals surface area contributed by atoms with Gasteiger partial charge in [-0.3, -0.25) is 4.90 Å². The molecule has 138 valence electrons. The number of aromatic nitrogens is 2. The number of anilines is 2. The zero-order valence-corrected chi connectivity index (χ0v) is 16.8. The van der Waals surface area contributed by atoms with Gasteiger partial charge in [0.15, 0.2) is 10.3 Å². The molecule has 0 amide bonds. The van der Waals surface area contributed by atoms with Crippen molar-refractivity contribution in [2.24, 2.45) is 0 Å². The smallest absolute Gasteiger partial charge is 0.190 e. The minimum Gasteiger partial charge on any atom is -0.379 e. The third-order valence-corrected chi connectivity index (χ3v) is 6.63. The van der Waals surface area contributed by atoms with Crippen LogP contribution in [0.15, 0.2) is 36.4 Å². The molecule has 5 rings (SSSR count). The molecule has 8 heteroatoms. The molecule has 2 aromatic heterocycles. The molecular formula is C19H17ClN4OS2. The van der Waals surface area contributed by atoms with E-state index in [1.807, 2.05) is 18.2 Å². The maximum atomic E-state index is 6.06. The molecule has 1 aliphatic rings. The summed E-state index contributed by atoms with van der Waals surface area (Å²) in [6.45, 7) is 4.59. The molecule has 2 aromatic carbocycles. The Kier molecular flexibility index (Phi) is 4.71. The molecule has 3 heterocycles. The SMILES string of the molecule is Clc1ccc2nc(Nc3nc4ccc(CN5CCOCC5)cc4s3)sc2c1. The van der Waals surface area contributed by atoms with Crippen LogP contribution in [0.2, 0.25) is 5.02 Å². The Labute approximate surface area is 169 Å². The molecule has 0 bridgehead atoms. The molecule has 0 aliphatic carbocycles. The van der Waals surface area contributed by atoms with Crippen LogP contribution in [0.25, 0.3) is 20.4 Å². The fraction of sp³-hybridized carbons (Fsp3) is 0.263. The van der Waals surface area contributed by atoms with Crippen LogP contribution in [0, 0.1) is 0 Å². The fourth-order valence-corrected chi connectivity index (χ4v) is 5.32. The fourth-order valence-electron chi connectivity index (χ4n) is 3.18. The van der Waals surface area contributed by atoms with Gasteiger partial charge in [-0.15, -0.1) is 0 Å². The molecule has 0 saturated carbocycles. The van der Waals surface area contributed by atoms with Crippen LogP contribution in [-0.4, -0.2) is 41.2 Å². The van der Waals surface area contributed by atoms with Crippen molar-refractivity contribution >= 4 is 65.0 Å². The summed E-state index contributed by atoms with van der Waals surface area (Å²) >= 11 is 9.30. The van der Waals surface area contributed by atoms with Gasteiger partial charge in [-0.05, 0) is 35.9 Å². The van der Waals surface area contributed by atoms with Gasteiger partial charge in [0.05, 0.1) is 33.6 Å². The van der Waals surface area contributed by atoms with Crippen molar-refractivity contribution in [3.63, 3.8) is 0 Å². The van der Waals surface area contributed by atoms with Crippen LogP contribution in [0.5, 0.6) is 0 Å². The summed E-state index contributed by atoms with van der Waals surface area (Å²) in [5, 5.41) is 5.77. The van der Waals surface area contributed by atoms with Crippen LogP contribution in [0.4, 0.5) is 10.3 Å². The lowest BCUT2D eigenvalue weighted by atomic mass is 10.2. The Hall–Kier alpha value is -1.77. The zero-order chi connectivity index (χ0) is 18.2. The van der Waals surface area contributed by atoms with Gasteiger partial charge in [0.2, 0.25) is 0 Å². The van der Waals surface area contributed by atoms with Crippen LogP contribution < -0.4 is 5.32 Å². The molecule has 1 saturated heterocycles. The average molecular weight is 417 g/mol. The molecule has 1 N–H and O–H groups in total. The first-order valence-corrected chi connectivity index (χ1v) is 10.8. The summed E-state index contributed by atoms with van der Waals surface area (Å²) in [6.07, 6.45) is 0. The van der Waals surface area contributed by atoms with Crippen molar-refractivity contribution in [3.8, 4) is 0 Å². The number of hydrogen-bond acceptors (Lipinski definition) is 7. The first-order chi connectivity index (χ1) is 13.2. The largest absolute Gasteiger partial charge is 0.379 e. The van der Waals surface area contributed by atoms with E-state index in [-0.39, 0.29) is 0 Å². The van der Waals surface area contributed by atoms with Gasteiger partial charge >= 0.3 is 0 Å². The minimum atomic E-state index is 0.727. The Balaban J connectivity index is 1.36. The Morgan fingerprint density at radius 2 is 1.63 bits per heavy atom. The maximum Gasteiger partial charge on any atom is 0.190 e. The van der Waals surface area contributed by atoms with Crippen molar-refractivity contribution in [2.45, 2.75) is 6.54 Å². The molecule has 0 atom stereocenters. The van der Waals surface area contributed by atoms with Crippen molar-refractivity contribution in [2.75, 3.05) is 31.6 Å². The lowest BCUT2D eigenvalue weighted by Gasteiger charge is -2.26.